The molecule has 0 saturated heterocycles. The Hall–Kier alpha value is -3.47. The van der Waals surface area contributed by atoms with Gasteiger partial charge in [0.15, 0.2) is 11.5 Å². The van der Waals surface area contributed by atoms with Crippen molar-refractivity contribution in [2.45, 2.75) is 26.3 Å². The van der Waals surface area contributed by atoms with Crippen LogP contribution in [0, 0.1) is 0 Å². The third-order valence-corrected chi connectivity index (χ3v) is 5.41. The van der Waals surface area contributed by atoms with Crippen molar-refractivity contribution in [2.24, 2.45) is 0 Å². The first-order valence-corrected chi connectivity index (χ1v) is 10.5. The van der Waals surface area contributed by atoms with Gasteiger partial charge in [0.05, 0.1) is 31.8 Å². The number of hydrogen-bond acceptors (Lipinski definition) is 4. The first-order chi connectivity index (χ1) is 15.1. The Kier molecular flexibility index (Phi) is 6.12. The van der Waals surface area contributed by atoms with Crippen LogP contribution in [0.25, 0.3) is 22.4 Å². The van der Waals surface area contributed by atoms with Crippen molar-refractivity contribution in [1.29, 1.82) is 0 Å². The number of para-hydroxylation sites is 3. The van der Waals surface area contributed by atoms with E-state index in [2.05, 4.69) is 36.6 Å². The molecule has 0 unspecified atom stereocenters. The van der Waals surface area contributed by atoms with Crippen molar-refractivity contribution in [3.63, 3.8) is 0 Å². The maximum Gasteiger partial charge on any atom is 0.161 e. The second-order valence-corrected chi connectivity index (χ2v) is 7.69. The summed E-state index contributed by atoms with van der Waals surface area (Å²) in [5.41, 5.74) is 4.22. The fourth-order valence-corrected chi connectivity index (χ4v) is 3.83. The molecule has 1 heterocycles. The highest BCUT2D eigenvalue weighted by Gasteiger charge is 2.15. The third kappa shape index (κ3) is 4.22. The molecule has 0 saturated carbocycles. The number of benzene rings is 3. The van der Waals surface area contributed by atoms with E-state index >= 15 is 0 Å². The van der Waals surface area contributed by atoms with Crippen LogP contribution in [0.5, 0.6) is 17.2 Å². The van der Waals surface area contributed by atoms with Crippen molar-refractivity contribution >= 4 is 11.0 Å². The van der Waals surface area contributed by atoms with Crippen LogP contribution in [-0.2, 0) is 6.54 Å². The summed E-state index contributed by atoms with van der Waals surface area (Å²) in [4.78, 5) is 4.90. The Bertz CT molecular complexity index is 1180. The summed E-state index contributed by atoms with van der Waals surface area (Å²) in [5, 5.41) is 0. The van der Waals surface area contributed by atoms with Crippen LogP contribution in [0.2, 0.25) is 0 Å². The SMILES string of the molecule is COc1ccc(-c2nc3ccccc3n2CCOc2ccccc2C(C)C)cc1OC. The number of nitrogens with zero attached hydrogens (tertiary/aromatic N) is 2. The second kappa shape index (κ2) is 9.13. The molecule has 5 nitrogen and oxygen atoms in total. The van der Waals surface area contributed by atoms with E-state index in [0.717, 1.165) is 28.2 Å². The number of methoxy groups -OCH3 is 2. The maximum atomic E-state index is 6.20. The summed E-state index contributed by atoms with van der Waals surface area (Å²) in [6.07, 6.45) is 0. The van der Waals surface area contributed by atoms with E-state index in [0.29, 0.717) is 30.6 Å². The van der Waals surface area contributed by atoms with Crippen LogP contribution in [0.3, 0.4) is 0 Å². The van der Waals surface area contributed by atoms with Gasteiger partial charge in [-0.05, 0) is 47.9 Å². The first-order valence-electron chi connectivity index (χ1n) is 10.5. The second-order valence-electron chi connectivity index (χ2n) is 7.69. The largest absolute Gasteiger partial charge is 0.493 e. The van der Waals surface area contributed by atoms with E-state index in [4.69, 9.17) is 19.2 Å². The minimum absolute atomic E-state index is 0.410. The number of fused-ring (bicyclic) bond motifs is 1. The molecule has 5 heteroatoms. The molecule has 0 N–H and O–H groups in total. The summed E-state index contributed by atoms with van der Waals surface area (Å²) in [7, 11) is 3.28. The number of ether oxygens (including phenoxy) is 3. The topological polar surface area (TPSA) is 45.5 Å². The number of imidazole rings is 1. The standard InChI is InChI=1S/C26H28N2O3/c1-18(2)20-9-5-8-12-23(20)31-16-15-28-22-11-7-6-10-21(22)27-26(28)19-13-14-24(29-3)25(17-19)30-4/h5-14,17-18H,15-16H2,1-4H3. The van der Waals surface area contributed by atoms with Crippen molar-refractivity contribution in [3.05, 3.63) is 72.3 Å². The lowest BCUT2D eigenvalue weighted by atomic mass is 10.0. The van der Waals surface area contributed by atoms with Gasteiger partial charge in [0.2, 0.25) is 0 Å². The van der Waals surface area contributed by atoms with Gasteiger partial charge in [0.25, 0.3) is 0 Å². The zero-order chi connectivity index (χ0) is 21.8. The van der Waals surface area contributed by atoms with Gasteiger partial charge < -0.3 is 18.8 Å². The van der Waals surface area contributed by atoms with E-state index in [1.54, 1.807) is 14.2 Å². The number of rotatable bonds is 8. The fraction of sp³-hybridized carbons (Fsp3) is 0.269. The molecule has 1 aromatic heterocycles. The third-order valence-electron chi connectivity index (χ3n) is 5.41. The van der Waals surface area contributed by atoms with Gasteiger partial charge in [-0.1, -0.05) is 44.2 Å². The summed E-state index contributed by atoms with van der Waals surface area (Å²) < 4.78 is 19.3. The van der Waals surface area contributed by atoms with Crippen molar-refractivity contribution in [2.75, 3.05) is 20.8 Å². The summed E-state index contributed by atoms with van der Waals surface area (Å²) in [5.74, 6) is 3.60. The van der Waals surface area contributed by atoms with Crippen LogP contribution in [0.15, 0.2) is 66.7 Å². The quantitative estimate of drug-likeness (QED) is 0.357. The van der Waals surface area contributed by atoms with E-state index < -0.39 is 0 Å². The Morgan fingerprint density at radius 1 is 0.839 bits per heavy atom. The predicted molar refractivity (Wildman–Crippen MR) is 124 cm³/mol. The summed E-state index contributed by atoms with van der Waals surface area (Å²) >= 11 is 0. The lowest BCUT2D eigenvalue weighted by Crippen LogP contribution is -2.10. The minimum atomic E-state index is 0.410. The minimum Gasteiger partial charge on any atom is -0.493 e. The highest BCUT2D eigenvalue weighted by molar-refractivity contribution is 5.81. The Labute approximate surface area is 183 Å². The molecule has 0 aliphatic carbocycles. The van der Waals surface area contributed by atoms with Crippen molar-refractivity contribution < 1.29 is 14.2 Å². The van der Waals surface area contributed by atoms with E-state index in [1.165, 1.54) is 5.56 Å². The zero-order valence-electron chi connectivity index (χ0n) is 18.5. The normalized spacial score (nSPS) is 11.1. The van der Waals surface area contributed by atoms with E-state index in [1.807, 2.05) is 48.5 Å². The molecule has 0 bridgehead atoms. The highest BCUT2D eigenvalue weighted by Crippen LogP contribution is 2.33. The molecule has 0 atom stereocenters. The maximum absolute atomic E-state index is 6.20. The molecule has 4 aromatic rings. The molecule has 0 amide bonds. The summed E-state index contributed by atoms with van der Waals surface area (Å²) in [6.45, 7) is 5.59. The molecule has 0 aliphatic heterocycles. The number of hydrogen-bond donors (Lipinski definition) is 0. The zero-order valence-corrected chi connectivity index (χ0v) is 18.5. The number of aromatic nitrogens is 2. The lowest BCUT2D eigenvalue weighted by molar-refractivity contribution is 0.297. The van der Waals surface area contributed by atoms with Crippen molar-refractivity contribution in [3.8, 4) is 28.6 Å². The van der Waals surface area contributed by atoms with Crippen LogP contribution in [0.4, 0.5) is 0 Å². The van der Waals surface area contributed by atoms with Crippen LogP contribution in [-0.4, -0.2) is 30.4 Å². The van der Waals surface area contributed by atoms with Crippen LogP contribution < -0.4 is 14.2 Å². The van der Waals surface area contributed by atoms with Gasteiger partial charge in [-0.2, -0.15) is 0 Å². The molecular formula is C26H28N2O3. The van der Waals surface area contributed by atoms with Crippen LogP contribution in [0.1, 0.15) is 25.3 Å². The molecule has 3 aromatic carbocycles. The fourth-order valence-electron chi connectivity index (χ4n) is 3.83. The van der Waals surface area contributed by atoms with Gasteiger partial charge in [-0.25, -0.2) is 4.98 Å². The molecule has 0 spiro atoms. The average molecular weight is 417 g/mol. The van der Waals surface area contributed by atoms with E-state index in [9.17, 15) is 0 Å². The summed E-state index contributed by atoms with van der Waals surface area (Å²) in [6, 6.07) is 22.3. The first kappa shape index (κ1) is 20.8. The molecule has 160 valence electrons. The Morgan fingerprint density at radius 3 is 2.35 bits per heavy atom. The van der Waals surface area contributed by atoms with Crippen molar-refractivity contribution in [1.82, 2.24) is 9.55 Å². The molecule has 0 aliphatic rings. The molecule has 4 rings (SSSR count). The van der Waals surface area contributed by atoms with Crippen LogP contribution >= 0.6 is 0 Å². The average Bonchev–Trinajstić information content (AvgIpc) is 3.17. The highest BCUT2D eigenvalue weighted by atomic mass is 16.5. The molecule has 0 radical (unpaired) electrons. The van der Waals surface area contributed by atoms with Gasteiger partial charge in [0, 0.05) is 5.56 Å². The lowest BCUT2D eigenvalue weighted by Gasteiger charge is -2.15. The predicted octanol–water partition coefficient (Wildman–Crippen LogP) is 5.92. The van der Waals surface area contributed by atoms with E-state index in [-0.39, 0.29) is 0 Å². The van der Waals surface area contributed by atoms with Gasteiger partial charge >= 0.3 is 0 Å². The van der Waals surface area contributed by atoms with Gasteiger partial charge in [0.1, 0.15) is 18.2 Å². The van der Waals surface area contributed by atoms with Gasteiger partial charge in [-0.3, -0.25) is 0 Å². The Balaban J connectivity index is 1.67. The molecular weight excluding hydrogens is 388 g/mol. The Morgan fingerprint density at radius 2 is 1.58 bits per heavy atom. The molecule has 31 heavy (non-hydrogen) atoms. The monoisotopic (exact) mass is 416 g/mol. The molecule has 0 fully saturated rings. The smallest absolute Gasteiger partial charge is 0.161 e. The van der Waals surface area contributed by atoms with Gasteiger partial charge in [-0.15, -0.1) is 0 Å².